The molecule has 0 saturated carbocycles. The van der Waals surface area contributed by atoms with Crippen molar-refractivity contribution in [1.82, 2.24) is 5.32 Å². The summed E-state index contributed by atoms with van der Waals surface area (Å²) in [5.74, 6) is 2.72. The summed E-state index contributed by atoms with van der Waals surface area (Å²) in [7, 11) is 1.57. The lowest BCUT2D eigenvalue weighted by molar-refractivity contribution is 0.824. The summed E-state index contributed by atoms with van der Waals surface area (Å²) in [4.78, 5) is 4.31. The van der Waals surface area contributed by atoms with E-state index in [2.05, 4.69) is 28.9 Å². The van der Waals surface area contributed by atoms with Crippen LogP contribution in [0.4, 0.5) is 0 Å². The molecule has 66 valence electrons. The summed E-state index contributed by atoms with van der Waals surface area (Å²) in [5, 5.41) is 3.24. The van der Waals surface area contributed by atoms with Gasteiger partial charge in [-0.2, -0.15) is 0 Å². The molecule has 3 nitrogen and oxygen atoms in total. The Morgan fingerprint density at radius 1 is 1.82 bits per heavy atom. The number of hydrogen-bond acceptors (Lipinski definition) is 4. The van der Waals surface area contributed by atoms with E-state index in [9.17, 15) is 0 Å². The van der Waals surface area contributed by atoms with Crippen molar-refractivity contribution >= 4 is 28.3 Å². The highest BCUT2D eigenvalue weighted by atomic mass is 33.1. The molecule has 5 heteroatoms. The molecule has 0 fully saturated rings. The second-order valence-electron chi connectivity index (χ2n) is 2.39. The Hall–Kier alpha value is 0.130. The molecular weight excluding hydrogens is 180 g/mol. The van der Waals surface area contributed by atoms with Gasteiger partial charge in [-0.1, -0.05) is 17.7 Å². The van der Waals surface area contributed by atoms with Crippen molar-refractivity contribution in [2.45, 2.75) is 6.92 Å². The zero-order valence-corrected chi connectivity index (χ0v) is 8.21. The third-order valence-corrected chi connectivity index (χ3v) is 2.59. The number of nitrogens with one attached hydrogen (secondary N) is 1. The Kier molecular flexibility index (Phi) is 5.81. The third kappa shape index (κ3) is 3.35. The Balaban J connectivity index is 0.000001000. The minimum atomic E-state index is 0. The van der Waals surface area contributed by atoms with Crippen molar-refractivity contribution in [2.75, 3.05) is 18.8 Å². The molecule has 1 unspecified atom stereocenters. The predicted octanol–water partition coefficient (Wildman–Crippen LogP) is 0.378. The number of amidine groups is 1. The zero-order chi connectivity index (χ0) is 7.40. The Labute approximate surface area is 76.2 Å². The molecular formula is C6H14N2OS2. The maximum absolute atomic E-state index is 4.31. The number of thiol groups is 1. The molecule has 1 aliphatic heterocycles. The first-order chi connectivity index (χ1) is 4.84. The zero-order valence-electron chi connectivity index (χ0n) is 6.50. The molecule has 0 aliphatic carbocycles. The minimum absolute atomic E-state index is 0. The molecule has 0 aromatic carbocycles. The van der Waals surface area contributed by atoms with Crippen LogP contribution < -0.4 is 5.32 Å². The average Bonchev–Trinajstić information content (AvgIpc) is 2.38. The molecule has 1 atom stereocenters. The molecule has 11 heavy (non-hydrogen) atoms. The van der Waals surface area contributed by atoms with Crippen LogP contribution in [0.2, 0.25) is 0 Å². The van der Waals surface area contributed by atoms with Crippen LogP contribution in [0.1, 0.15) is 6.92 Å². The van der Waals surface area contributed by atoms with Crippen molar-refractivity contribution in [1.29, 1.82) is 0 Å². The van der Waals surface area contributed by atoms with Gasteiger partial charge < -0.3 is 10.8 Å². The van der Waals surface area contributed by atoms with Gasteiger partial charge in [0, 0.05) is 18.2 Å². The Bertz CT molecular complexity index is 141. The van der Waals surface area contributed by atoms with Gasteiger partial charge >= 0.3 is 0 Å². The molecule has 0 radical (unpaired) electrons. The van der Waals surface area contributed by atoms with Crippen molar-refractivity contribution in [3.05, 3.63) is 0 Å². The number of aliphatic imine (C=N–C) groups is 1. The highest BCUT2D eigenvalue weighted by Crippen LogP contribution is 2.12. The fourth-order valence-corrected chi connectivity index (χ4v) is 1.99. The summed E-state index contributed by atoms with van der Waals surface area (Å²) >= 11 is 4.09. The molecule has 3 N–H and O–H groups in total. The smallest absolute Gasteiger partial charge is 0.100 e. The van der Waals surface area contributed by atoms with Crippen LogP contribution in [0.3, 0.4) is 0 Å². The van der Waals surface area contributed by atoms with E-state index in [0.29, 0.717) is 5.92 Å². The van der Waals surface area contributed by atoms with Gasteiger partial charge in [-0.25, -0.2) is 0 Å². The lowest BCUT2D eigenvalue weighted by Crippen LogP contribution is -2.26. The summed E-state index contributed by atoms with van der Waals surface area (Å²) < 4.78 is 0. The summed E-state index contributed by atoms with van der Waals surface area (Å²) in [6.07, 6.45) is 0. The maximum atomic E-state index is 4.31. The second-order valence-corrected chi connectivity index (χ2v) is 3.76. The van der Waals surface area contributed by atoms with Gasteiger partial charge in [-0.15, -0.1) is 11.7 Å². The van der Waals surface area contributed by atoms with Gasteiger partial charge in [0.15, 0.2) is 0 Å². The SMILES string of the molecule is CC(CSS)C1=NCCN1.O. The normalized spacial score (nSPS) is 18.2. The van der Waals surface area contributed by atoms with Crippen molar-refractivity contribution in [2.24, 2.45) is 10.9 Å². The number of rotatable bonds is 3. The van der Waals surface area contributed by atoms with Crippen molar-refractivity contribution in [3.63, 3.8) is 0 Å². The predicted molar refractivity (Wildman–Crippen MR) is 54.5 cm³/mol. The molecule has 1 heterocycles. The van der Waals surface area contributed by atoms with Gasteiger partial charge in [0.25, 0.3) is 0 Å². The molecule has 0 bridgehead atoms. The van der Waals surface area contributed by atoms with E-state index in [0.717, 1.165) is 24.7 Å². The lowest BCUT2D eigenvalue weighted by Gasteiger charge is -2.08. The average molecular weight is 194 g/mol. The third-order valence-electron chi connectivity index (χ3n) is 1.49. The molecule has 1 aliphatic rings. The second kappa shape index (κ2) is 5.74. The van der Waals surface area contributed by atoms with Gasteiger partial charge in [-0.3, -0.25) is 4.99 Å². The fourth-order valence-electron chi connectivity index (χ4n) is 0.937. The highest BCUT2D eigenvalue weighted by molar-refractivity contribution is 8.68. The van der Waals surface area contributed by atoms with Crippen LogP contribution in [-0.2, 0) is 0 Å². The van der Waals surface area contributed by atoms with Crippen molar-refractivity contribution in [3.8, 4) is 0 Å². The fraction of sp³-hybridized carbons (Fsp3) is 0.833. The molecule has 0 saturated heterocycles. The van der Waals surface area contributed by atoms with Crippen LogP contribution >= 0.6 is 22.5 Å². The van der Waals surface area contributed by atoms with E-state index in [-0.39, 0.29) is 5.48 Å². The topological polar surface area (TPSA) is 55.9 Å². The minimum Gasteiger partial charge on any atom is -0.412 e. The summed E-state index contributed by atoms with van der Waals surface area (Å²) in [6.45, 7) is 4.12. The molecule has 1 rings (SSSR count). The van der Waals surface area contributed by atoms with Crippen LogP contribution in [0.25, 0.3) is 0 Å². The molecule has 0 amide bonds. The largest absolute Gasteiger partial charge is 0.412 e. The van der Waals surface area contributed by atoms with Crippen LogP contribution in [0, 0.1) is 5.92 Å². The standard InChI is InChI=1S/C6H12N2S2.H2O/c1-5(4-10-9)6-7-2-3-8-6;/h5,9H,2-4H2,1H3,(H,7,8);1H2. The summed E-state index contributed by atoms with van der Waals surface area (Å²) in [6, 6.07) is 0. The monoisotopic (exact) mass is 194 g/mol. The number of nitrogens with zero attached hydrogens (tertiary/aromatic N) is 1. The lowest BCUT2D eigenvalue weighted by atomic mass is 10.2. The van der Waals surface area contributed by atoms with Crippen LogP contribution in [0.15, 0.2) is 4.99 Å². The Morgan fingerprint density at radius 3 is 3.00 bits per heavy atom. The van der Waals surface area contributed by atoms with Gasteiger partial charge in [0.05, 0.1) is 6.54 Å². The first-order valence-electron chi connectivity index (χ1n) is 3.39. The van der Waals surface area contributed by atoms with E-state index in [1.807, 2.05) is 0 Å². The van der Waals surface area contributed by atoms with Gasteiger partial charge in [0.2, 0.25) is 0 Å². The Morgan fingerprint density at radius 2 is 2.55 bits per heavy atom. The highest BCUT2D eigenvalue weighted by Gasteiger charge is 2.12. The van der Waals surface area contributed by atoms with E-state index in [1.54, 1.807) is 10.8 Å². The van der Waals surface area contributed by atoms with E-state index >= 15 is 0 Å². The number of hydrogen-bond donors (Lipinski definition) is 2. The summed E-state index contributed by atoms with van der Waals surface area (Å²) in [5.41, 5.74) is 0. The maximum Gasteiger partial charge on any atom is 0.100 e. The van der Waals surface area contributed by atoms with Gasteiger partial charge in [0.1, 0.15) is 5.84 Å². The van der Waals surface area contributed by atoms with Crippen molar-refractivity contribution < 1.29 is 5.48 Å². The quantitative estimate of drug-likeness (QED) is 0.504. The first kappa shape index (κ1) is 11.1. The van der Waals surface area contributed by atoms with Crippen LogP contribution in [-0.4, -0.2) is 30.2 Å². The van der Waals surface area contributed by atoms with Crippen LogP contribution in [0.5, 0.6) is 0 Å². The van der Waals surface area contributed by atoms with E-state index in [4.69, 9.17) is 0 Å². The molecule has 0 aromatic heterocycles. The molecule has 0 spiro atoms. The van der Waals surface area contributed by atoms with E-state index in [1.165, 1.54) is 0 Å². The first-order valence-corrected chi connectivity index (χ1v) is 5.43. The van der Waals surface area contributed by atoms with E-state index < -0.39 is 0 Å². The van der Waals surface area contributed by atoms with Gasteiger partial charge in [-0.05, 0) is 0 Å². The molecule has 0 aromatic rings.